The van der Waals surface area contributed by atoms with E-state index in [9.17, 15) is 18.0 Å². The fourth-order valence-corrected chi connectivity index (χ4v) is 6.26. The third-order valence-electron chi connectivity index (χ3n) is 8.01. The number of aliphatic imine (C=N–C) groups is 1. The first kappa shape index (κ1) is 37.0. The van der Waals surface area contributed by atoms with Gasteiger partial charge in [0.05, 0.1) is 28.6 Å². The molecule has 2 rings (SSSR count). The Balaban J connectivity index is 2.48. The van der Waals surface area contributed by atoms with Gasteiger partial charge in [-0.15, -0.1) is 0 Å². The number of hydrogen-bond acceptors (Lipinski definition) is 5. The predicted molar refractivity (Wildman–Crippen MR) is 166 cm³/mol. The van der Waals surface area contributed by atoms with E-state index in [0.717, 1.165) is 19.3 Å². The van der Waals surface area contributed by atoms with Gasteiger partial charge < -0.3 is 10.6 Å². The van der Waals surface area contributed by atoms with Crippen LogP contribution in [-0.2, 0) is 17.0 Å². The number of amides is 1. The summed E-state index contributed by atoms with van der Waals surface area (Å²) >= 11 is 0. The Morgan fingerprint density at radius 1 is 1.09 bits per heavy atom. The van der Waals surface area contributed by atoms with E-state index >= 15 is 4.39 Å². The molecule has 4 N–H and O–H groups in total. The summed E-state index contributed by atoms with van der Waals surface area (Å²) in [5.41, 5.74) is -1.38. The maximum atomic E-state index is 16.5. The topological polar surface area (TPSA) is 97.4 Å². The standard InChI is InChI=1S/C31H55F4N7O/c1-9-12-14-16-21(15-11-3)24(31(33,34)35)22(18-36-7)27(43)38-28(39-29(4,5)6)37-26-25-23(40-41-26)19-42(8)20-30(25,32)17-13-10-2/h21-22,24,36H,9-20H2,1-8H3,(H3,37,38,39,40,41,43). The molecule has 0 radical (unpaired) electrons. The Morgan fingerprint density at radius 2 is 1.77 bits per heavy atom. The van der Waals surface area contributed by atoms with Gasteiger partial charge in [-0.1, -0.05) is 65.7 Å². The smallest absolute Gasteiger partial charge is 0.319 e. The highest BCUT2D eigenvalue weighted by Crippen LogP contribution is 2.43. The normalized spacial score (nSPS) is 20.4. The second kappa shape index (κ2) is 16.2. The molecule has 1 aliphatic rings. The summed E-state index contributed by atoms with van der Waals surface area (Å²) in [6.07, 6.45) is 1.04. The SMILES string of the molecule is CCCCCC(CCC)C(C(CNC)C(=O)NC(=NC(C)(C)C)Nc1n[nH]c2c1C(F)(CCCC)CN(C)C2)C(F)(F)F. The van der Waals surface area contributed by atoms with Crippen LogP contribution in [0.3, 0.4) is 0 Å². The van der Waals surface area contributed by atoms with Crippen LogP contribution in [0.4, 0.5) is 23.4 Å². The van der Waals surface area contributed by atoms with Gasteiger partial charge in [0.25, 0.3) is 0 Å². The molecule has 1 aliphatic heterocycles. The quantitative estimate of drug-likeness (QED) is 0.0743. The van der Waals surface area contributed by atoms with E-state index in [1.807, 2.05) is 53.5 Å². The number of anilines is 1. The lowest BCUT2D eigenvalue weighted by Gasteiger charge is -2.36. The molecule has 0 aromatic carbocycles. The molecule has 12 heteroatoms. The van der Waals surface area contributed by atoms with Crippen molar-refractivity contribution < 1.29 is 22.4 Å². The maximum absolute atomic E-state index is 16.5. The Bertz CT molecular complexity index is 1040. The molecule has 4 unspecified atom stereocenters. The number of alkyl halides is 4. The van der Waals surface area contributed by atoms with E-state index < -0.39 is 41.0 Å². The number of H-pyrrole nitrogens is 1. The molecular weight excluding hydrogens is 562 g/mol. The van der Waals surface area contributed by atoms with Crippen LogP contribution in [0.1, 0.15) is 111 Å². The van der Waals surface area contributed by atoms with E-state index in [0.29, 0.717) is 56.3 Å². The minimum absolute atomic E-state index is 0.0522. The van der Waals surface area contributed by atoms with E-state index in [1.165, 1.54) is 0 Å². The number of halogens is 4. The van der Waals surface area contributed by atoms with Crippen LogP contribution in [0, 0.1) is 17.8 Å². The van der Waals surface area contributed by atoms with Gasteiger partial charge in [0.15, 0.2) is 11.5 Å². The fourth-order valence-electron chi connectivity index (χ4n) is 6.26. The lowest BCUT2D eigenvalue weighted by molar-refractivity contribution is -0.206. The molecule has 2 heterocycles. The Morgan fingerprint density at radius 3 is 2.33 bits per heavy atom. The Labute approximate surface area is 255 Å². The van der Waals surface area contributed by atoms with Crippen LogP contribution in [0.5, 0.6) is 0 Å². The van der Waals surface area contributed by atoms with Crippen molar-refractivity contribution in [2.45, 2.75) is 123 Å². The van der Waals surface area contributed by atoms with Gasteiger partial charge in [-0.3, -0.25) is 20.1 Å². The van der Waals surface area contributed by atoms with Crippen LogP contribution in [0.25, 0.3) is 0 Å². The molecule has 0 saturated carbocycles. The second-order valence-corrected chi connectivity index (χ2v) is 13.2. The number of nitrogens with zero attached hydrogens (tertiary/aromatic N) is 3. The number of guanidine groups is 1. The van der Waals surface area contributed by atoms with E-state index in [4.69, 9.17) is 0 Å². The van der Waals surface area contributed by atoms with Crippen LogP contribution in [0.15, 0.2) is 4.99 Å². The molecule has 248 valence electrons. The first-order chi connectivity index (χ1) is 20.1. The average molecular weight is 618 g/mol. The van der Waals surface area contributed by atoms with Crippen LogP contribution < -0.4 is 16.0 Å². The molecule has 1 aromatic heterocycles. The highest BCUT2D eigenvalue weighted by atomic mass is 19.4. The summed E-state index contributed by atoms with van der Waals surface area (Å²) in [6, 6.07) is 0. The van der Waals surface area contributed by atoms with Crippen molar-refractivity contribution in [2.24, 2.45) is 22.7 Å². The van der Waals surface area contributed by atoms with Crippen molar-refractivity contribution in [3.8, 4) is 0 Å². The summed E-state index contributed by atoms with van der Waals surface area (Å²) in [7, 11) is 3.39. The van der Waals surface area contributed by atoms with Crippen LogP contribution in [0.2, 0.25) is 0 Å². The monoisotopic (exact) mass is 617 g/mol. The van der Waals surface area contributed by atoms with E-state index in [1.54, 1.807) is 7.05 Å². The number of fused-ring (bicyclic) bond motifs is 1. The van der Waals surface area contributed by atoms with Crippen molar-refractivity contribution in [2.75, 3.05) is 32.5 Å². The Hall–Kier alpha value is -2.21. The second-order valence-electron chi connectivity index (χ2n) is 13.2. The van der Waals surface area contributed by atoms with Gasteiger partial charge >= 0.3 is 6.18 Å². The number of aromatic amines is 1. The van der Waals surface area contributed by atoms with Gasteiger partial charge in [-0.25, -0.2) is 9.38 Å². The highest BCUT2D eigenvalue weighted by molar-refractivity contribution is 6.05. The van der Waals surface area contributed by atoms with Gasteiger partial charge in [0.1, 0.15) is 0 Å². The van der Waals surface area contributed by atoms with Crippen molar-refractivity contribution in [1.82, 2.24) is 25.7 Å². The third-order valence-corrected chi connectivity index (χ3v) is 8.01. The summed E-state index contributed by atoms with van der Waals surface area (Å²) in [6.45, 7) is 11.8. The van der Waals surface area contributed by atoms with Gasteiger partial charge in [0.2, 0.25) is 11.9 Å². The first-order valence-corrected chi connectivity index (χ1v) is 15.9. The van der Waals surface area contributed by atoms with Crippen LogP contribution >= 0.6 is 0 Å². The number of nitrogens with one attached hydrogen (secondary N) is 4. The van der Waals surface area contributed by atoms with Crippen molar-refractivity contribution >= 4 is 17.7 Å². The summed E-state index contributed by atoms with van der Waals surface area (Å²) in [4.78, 5) is 20.3. The van der Waals surface area contributed by atoms with E-state index in [-0.39, 0.29) is 24.9 Å². The van der Waals surface area contributed by atoms with Crippen molar-refractivity contribution in [3.63, 3.8) is 0 Å². The number of carbonyl (C=O) groups is 1. The molecule has 8 nitrogen and oxygen atoms in total. The molecule has 4 atom stereocenters. The van der Waals surface area contributed by atoms with E-state index in [2.05, 4.69) is 31.1 Å². The molecule has 0 fully saturated rings. The molecule has 0 bridgehead atoms. The van der Waals surface area contributed by atoms with Crippen molar-refractivity contribution in [1.29, 1.82) is 0 Å². The molecular formula is C31H55F4N7O. The number of unbranched alkanes of at least 4 members (excludes halogenated alkanes) is 3. The molecule has 0 spiro atoms. The highest BCUT2D eigenvalue weighted by Gasteiger charge is 2.51. The predicted octanol–water partition coefficient (Wildman–Crippen LogP) is 6.90. The molecule has 0 saturated heterocycles. The molecule has 1 amide bonds. The van der Waals surface area contributed by atoms with Gasteiger partial charge in [-0.2, -0.15) is 18.3 Å². The van der Waals surface area contributed by atoms with Gasteiger partial charge in [-0.05, 0) is 53.6 Å². The zero-order valence-corrected chi connectivity index (χ0v) is 27.5. The maximum Gasteiger partial charge on any atom is 0.392 e. The molecule has 0 aliphatic carbocycles. The van der Waals surface area contributed by atoms with Gasteiger partial charge in [0, 0.05) is 19.6 Å². The minimum atomic E-state index is -4.57. The zero-order valence-electron chi connectivity index (χ0n) is 27.5. The van der Waals surface area contributed by atoms with Crippen LogP contribution in [-0.4, -0.2) is 65.9 Å². The number of likely N-dealkylation sites (N-methyl/N-ethyl adjacent to an activating group) is 1. The molecule has 1 aromatic rings. The lowest BCUT2D eigenvalue weighted by atomic mass is 9.75. The number of aromatic nitrogens is 2. The summed E-state index contributed by atoms with van der Waals surface area (Å²) < 4.78 is 60.7. The summed E-state index contributed by atoms with van der Waals surface area (Å²) in [5.74, 6) is -4.55. The number of rotatable bonds is 15. The number of hydrogen-bond donors (Lipinski definition) is 4. The minimum Gasteiger partial charge on any atom is -0.319 e. The van der Waals surface area contributed by atoms with Crippen molar-refractivity contribution in [3.05, 3.63) is 11.3 Å². The third kappa shape index (κ3) is 10.7. The lowest BCUT2D eigenvalue weighted by Crippen LogP contribution is -2.51. The zero-order chi connectivity index (χ0) is 32.4. The first-order valence-electron chi connectivity index (χ1n) is 15.9. The number of carbonyl (C=O) groups excluding carboxylic acids is 1. The average Bonchev–Trinajstić information content (AvgIpc) is 3.28. The summed E-state index contributed by atoms with van der Waals surface area (Å²) in [5, 5.41) is 15.8. The Kier molecular flexibility index (Phi) is 13.9. The largest absolute Gasteiger partial charge is 0.392 e. The molecule has 43 heavy (non-hydrogen) atoms. The fraction of sp³-hybridized carbons (Fsp3) is 0.839.